The topological polar surface area (TPSA) is 88.2 Å². The summed E-state index contributed by atoms with van der Waals surface area (Å²) >= 11 is 0. The van der Waals surface area contributed by atoms with E-state index in [1.807, 2.05) is 13.8 Å². The van der Waals surface area contributed by atoms with Crippen LogP contribution in [0.4, 0.5) is 11.4 Å². The standard InChI is InChI=1S/C18H22N4O3/c1-12(19-14-6-4-3-5-7-14)17-13(2)20-21(18(17)23)15-8-10-16(11-9-15)22(24)25/h8-11,14,17H,3-7H2,1-2H3/t17-/m1/s1. The van der Waals surface area contributed by atoms with E-state index in [9.17, 15) is 14.9 Å². The van der Waals surface area contributed by atoms with E-state index in [-0.39, 0.29) is 11.6 Å². The summed E-state index contributed by atoms with van der Waals surface area (Å²) in [5.41, 5.74) is 2.04. The lowest BCUT2D eigenvalue weighted by Crippen LogP contribution is -2.32. The van der Waals surface area contributed by atoms with Crippen LogP contribution in [0.3, 0.4) is 0 Å². The van der Waals surface area contributed by atoms with Gasteiger partial charge >= 0.3 is 0 Å². The number of nitro groups is 1. The minimum atomic E-state index is -0.464. The van der Waals surface area contributed by atoms with Crippen LogP contribution in [0.25, 0.3) is 0 Å². The Bertz CT molecular complexity index is 733. The first-order valence-electron chi connectivity index (χ1n) is 8.65. The van der Waals surface area contributed by atoms with E-state index in [1.54, 1.807) is 12.1 Å². The Hall–Kier alpha value is -2.57. The number of nitro benzene ring substituents is 1. The van der Waals surface area contributed by atoms with Crippen LogP contribution in [0.5, 0.6) is 0 Å². The monoisotopic (exact) mass is 342 g/mol. The smallest absolute Gasteiger partial charge is 0.269 e. The number of amides is 1. The molecule has 7 nitrogen and oxygen atoms in total. The third-order valence-electron chi connectivity index (χ3n) is 4.81. The van der Waals surface area contributed by atoms with Gasteiger partial charge in [-0.05, 0) is 38.8 Å². The fourth-order valence-corrected chi connectivity index (χ4v) is 3.52. The highest BCUT2D eigenvalue weighted by Gasteiger charge is 2.36. The molecule has 1 fully saturated rings. The minimum Gasteiger partial charge on any atom is -0.290 e. The van der Waals surface area contributed by atoms with Crippen molar-refractivity contribution < 1.29 is 9.72 Å². The molecule has 1 amide bonds. The van der Waals surface area contributed by atoms with Crippen molar-refractivity contribution in [2.45, 2.75) is 52.0 Å². The second-order valence-electron chi connectivity index (χ2n) is 6.66. The third kappa shape index (κ3) is 3.60. The SMILES string of the molecule is CC(=NC1CCCCC1)[C@H]1C(=O)N(c2ccc([N+](=O)[O-])cc2)N=C1C. The zero-order chi connectivity index (χ0) is 18.0. The molecule has 132 valence electrons. The summed E-state index contributed by atoms with van der Waals surface area (Å²) in [5, 5.41) is 16.4. The van der Waals surface area contributed by atoms with E-state index >= 15 is 0 Å². The molecule has 1 aromatic rings. The van der Waals surface area contributed by atoms with Crippen molar-refractivity contribution in [1.29, 1.82) is 0 Å². The van der Waals surface area contributed by atoms with Gasteiger partial charge in [0.05, 0.1) is 16.3 Å². The molecule has 1 aliphatic carbocycles. The maximum absolute atomic E-state index is 12.8. The average molecular weight is 342 g/mol. The molecule has 0 spiro atoms. The van der Waals surface area contributed by atoms with Crippen molar-refractivity contribution in [2.24, 2.45) is 16.0 Å². The number of hydrogen-bond donors (Lipinski definition) is 0. The van der Waals surface area contributed by atoms with Gasteiger partial charge in [0.25, 0.3) is 11.6 Å². The van der Waals surface area contributed by atoms with Crippen LogP contribution in [0.1, 0.15) is 46.0 Å². The summed E-state index contributed by atoms with van der Waals surface area (Å²) in [4.78, 5) is 27.9. The first kappa shape index (κ1) is 17.3. The van der Waals surface area contributed by atoms with Crippen LogP contribution in [0.15, 0.2) is 34.4 Å². The van der Waals surface area contributed by atoms with Crippen LogP contribution >= 0.6 is 0 Å². The number of carbonyl (C=O) groups excluding carboxylic acids is 1. The number of hydrogen-bond acceptors (Lipinski definition) is 5. The molecule has 0 saturated heterocycles. The molecule has 0 unspecified atom stereocenters. The number of benzene rings is 1. The van der Waals surface area contributed by atoms with Crippen LogP contribution in [-0.2, 0) is 4.79 Å². The van der Waals surface area contributed by atoms with Gasteiger partial charge in [-0.2, -0.15) is 10.1 Å². The molecule has 1 atom stereocenters. The van der Waals surface area contributed by atoms with Gasteiger partial charge in [0.2, 0.25) is 0 Å². The quantitative estimate of drug-likeness (QED) is 0.474. The zero-order valence-corrected chi connectivity index (χ0v) is 14.5. The predicted molar refractivity (Wildman–Crippen MR) is 97.2 cm³/mol. The molecular weight excluding hydrogens is 320 g/mol. The number of nitrogens with zero attached hydrogens (tertiary/aromatic N) is 4. The van der Waals surface area contributed by atoms with Gasteiger partial charge < -0.3 is 0 Å². The van der Waals surface area contributed by atoms with Crippen molar-refractivity contribution in [3.8, 4) is 0 Å². The van der Waals surface area contributed by atoms with Gasteiger partial charge in [-0.15, -0.1) is 0 Å². The summed E-state index contributed by atoms with van der Waals surface area (Å²) in [6.07, 6.45) is 5.83. The highest BCUT2D eigenvalue weighted by atomic mass is 16.6. The number of anilines is 1. The molecule has 1 heterocycles. The van der Waals surface area contributed by atoms with Crippen molar-refractivity contribution in [3.63, 3.8) is 0 Å². The largest absolute Gasteiger partial charge is 0.290 e. The molecule has 0 N–H and O–H groups in total. The van der Waals surface area contributed by atoms with Crippen molar-refractivity contribution in [2.75, 3.05) is 5.01 Å². The van der Waals surface area contributed by atoms with Gasteiger partial charge in [-0.25, -0.2) is 0 Å². The van der Waals surface area contributed by atoms with Gasteiger partial charge in [-0.3, -0.25) is 19.9 Å². The van der Waals surface area contributed by atoms with Gasteiger partial charge in [0, 0.05) is 23.9 Å². The lowest BCUT2D eigenvalue weighted by molar-refractivity contribution is -0.384. The molecule has 7 heteroatoms. The molecule has 0 aromatic heterocycles. The van der Waals surface area contributed by atoms with Crippen LogP contribution < -0.4 is 5.01 Å². The lowest BCUT2D eigenvalue weighted by Gasteiger charge is -2.20. The Kier molecular flexibility index (Phi) is 4.92. The van der Waals surface area contributed by atoms with E-state index in [0.717, 1.165) is 18.6 Å². The number of aliphatic imine (C=N–C) groups is 1. The van der Waals surface area contributed by atoms with Gasteiger partial charge in [0.1, 0.15) is 5.92 Å². The summed E-state index contributed by atoms with van der Waals surface area (Å²) < 4.78 is 0. The van der Waals surface area contributed by atoms with Crippen LogP contribution in [-0.4, -0.2) is 28.3 Å². The first-order chi connectivity index (χ1) is 12.0. The third-order valence-corrected chi connectivity index (χ3v) is 4.81. The summed E-state index contributed by atoms with van der Waals surface area (Å²) in [5.74, 6) is -0.583. The molecule has 2 aliphatic rings. The summed E-state index contributed by atoms with van der Waals surface area (Å²) in [6.45, 7) is 3.73. The van der Waals surface area contributed by atoms with E-state index in [1.165, 1.54) is 36.4 Å². The molecule has 1 saturated carbocycles. The van der Waals surface area contributed by atoms with Gasteiger partial charge in [-0.1, -0.05) is 19.3 Å². The Labute approximate surface area is 146 Å². The Morgan fingerprint density at radius 1 is 1.24 bits per heavy atom. The average Bonchev–Trinajstić information content (AvgIpc) is 2.90. The fraction of sp³-hybridized carbons (Fsp3) is 0.500. The Morgan fingerprint density at radius 3 is 2.48 bits per heavy atom. The highest BCUT2D eigenvalue weighted by Crippen LogP contribution is 2.28. The molecule has 0 radical (unpaired) electrons. The van der Waals surface area contributed by atoms with E-state index < -0.39 is 10.8 Å². The molecule has 25 heavy (non-hydrogen) atoms. The predicted octanol–water partition coefficient (Wildman–Crippen LogP) is 3.73. The fourth-order valence-electron chi connectivity index (χ4n) is 3.52. The first-order valence-corrected chi connectivity index (χ1v) is 8.65. The number of non-ortho nitro benzene ring substituents is 1. The van der Waals surface area contributed by atoms with E-state index in [2.05, 4.69) is 5.10 Å². The molecule has 0 bridgehead atoms. The number of hydrazone groups is 1. The Balaban J connectivity index is 1.78. The van der Waals surface area contributed by atoms with Crippen molar-refractivity contribution in [1.82, 2.24) is 0 Å². The van der Waals surface area contributed by atoms with Crippen LogP contribution in [0.2, 0.25) is 0 Å². The Morgan fingerprint density at radius 2 is 1.88 bits per heavy atom. The lowest BCUT2D eigenvalue weighted by atomic mass is 9.94. The van der Waals surface area contributed by atoms with Crippen molar-refractivity contribution >= 4 is 28.7 Å². The zero-order valence-electron chi connectivity index (χ0n) is 14.5. The molecule has 1 aliphatic heterocycles. The second-order valence-corrected chi connectivity index (χ2v) is 6.66. The number of carbonyl (C=O) groups is 1. The number of rotatable bonds is 4. The highest BCUT2D eigenvalue weighted by molar-refractivity contribution is 6.27. The normalized spacial score (nSPS) is 22.2. The molecule has 1 aromatic carbocycles. The van der Waals surface area contributed by atoms with E-state index in [0.29, 0.717) is 17.4 Å². The maximum Gasteiger partial charge on any atom is 0.269 e. The molecular formula is C18H22N4O3. The molecule has 3 rings (SSSR count). The maximum atomic E-state index is 12.8. The van der Waals surface area contributed by atoms with E-state index in [4.69, 9.17) is 4.99 Å². The summed E-state index contributed by atoms with van der Waals surface area (Å²) in [6, 6.07) is 6.15. The second kappa shape index (κ2) is 7.13. The summed E-state index contributed by atoms with van der Waals surface area (Å²) in [7, 11) is 0. The van der Waals surface area contributed by atoms with Crippen LogP contribution in [0, 0.1) is 16.0 Å². The van der Waals surface area contributed by atoms with Gasteiger partial charge in [0.15, 0.2) is 0 Å². The minimum absolute atomic E-state index is 0.0114. The van der Waals surface area contributed by atoms with Crippen molar-refractivity contribution in [3.05, 3.63) is 34.4 Å².